The topological polar surface area (TPSA) is 49.7 Å². The Hall–Kier alpha value is -0.893. The molecule has 0 spiro atoms. The highest BCUT2D eigenvalue weighted by molar-refractivity contribution is 6.47. The predicted octanol–water partition coefficient (Wildman–Crippen LogP) is -0.902. The molecule has 0 fully saturated rings. The number of hydrogen-bond acceptors (Lipinski definition) is 3. The van der Waals surface area contributed by atoms with Crippen LogP contribution in [0.25, 0.3) is 0 Å². The molecule has 78 valence electrons. The zero-order valence-corrected chi connectivity index (χ0v) is 8.29. The predicted molar refractivity (Wildman–Crippen MR) is 43.8 cm³/mol. The van der Waals surface area contributed by atoms with Crippen LogP contribution in [0.2, 0.25) is 0 Å². The molecule has 1 rings (SSSR count). The Labute approximate surface area is 79.7 Å². The average molecular weight is 224 g/mol. The first kappa shape index (κ1) is 11.2. The van der Waals surface area contributed by atoms with Crippen molar-refractivity contribution >= 4 is 14.9 Å². The quantitative estimate of drug-likeness (QED) is 0.516. The molecule has 0 aliphatic heterocycles. The monoisotopic (exact) mass is 224 g/mol. The summed E-state index contributed by atoms with van der Waals surface area (Å²) in [6.07, 6.45) is 0. The summed E-state index contributed by atoms with van der Waals surface area (Å²) in [5, 5.41) is 16.2. The third kappa shape index (κ3) is 2.81. The summed E-state index contributed by atoms with van der Waals surface area (Å²) in [5.41, 5.74) is 0. The molecule has 0 bridgehead atoms. The molecule has 14 heavy (non-hydrogen) atoms. The highest BCUT2D eigenvalue weighted by Crippen LogP contribution is 2.03. The third-order valence-electron chi connectivity index (χ3n) is 1.48. The number of aliphatic hydroxyl groups is 2. The van der Waals surface area contributed by atoms with Crippen molar-refractivity contribution in [2.75, 3.05) is 0 Å². The lowest BCUT2D eigenvalue weighted by Crippen LogP contribution is -2.29. The second-order valence-electron chi connectivity index (χ2n) is 2.49. The fourth-order valence-corrected chi connectivity index (χ4v) is 1.66. The van der Waals surface area contributed by atoms with Crippen LogP contribution in [0.1, 0.15) is 0 Å². The van der Waals surface area contributed by atoms with Gasteiger partial charge in [-0.15, -0.1) is 0 Å². The van der Waals surface area contributed by atoms with Crippen LogP contribution in [0.15, 0.2) is 12.1 Å². The van der Waals surface area contributed by atoms with Gasteiger partial charge >= 0.3 is 0 Å². The van der Waals surface area contributed by atoms with E-state index in [1.165, 1.54) is 0 Å². The van der Waals surface area contributed by atoms with Crippen molar-refractivity contribution in [3.8, 4) is 0 Å². The van der Waals surface area contributed by atoms with E-state index >= 15 is 0 Å². The van der Waals surface area contributed by atoms with Gasteiger partial charge in [-0.05, 0) is 0 Å². The summed E-state index contributed by atoms with van der Waals surface area (Å²) < 4.78 is 42.4. The van der Waals surface area contributed by atoms with Gasteiger partial charge in [0.25, 0.3) is 6.48 Å². The van der Waals surface area contributed by atoms with Crippen molar-refractivity contribution in [3.05, 3.63) is 29.6 Å². The fraction of sp³-hybridized carbons (Fsp3) is 0.143. The zero-order valence-electron chi connectivity index (χ0n) is 6.88. The molecule has 1 aromatic carbocycles. The van der Waals surface area contributed by atoms with Gasteiger partial charge in [-0.2, -0.15) is 0 Å². The van der Waals surface area contributed by atoms with Gasteiger partial charge < -0.3 is 14.6 Å². The molecule has 0 saturated carbocycles. The molecule has 0 heterocycles. The molecule has 2 N–H and O–H groups in total. The second-order valence-corrected chi connectivity index (χ2v) is 3.81. The Morgan fingerprint density at radius 2 is 1.64 bits per heavy atom. The highest BCUT2D eigenvalue weighted by Gasteiger charge is 2.13. The molecule has 0 unspecified atom stereocenters. The van der Waals surface area contributed by atoms with Crippen LogP contribution in [0.4, 0.5) is 13.2 Å². The number of hydrogen-bond donors (Lipinski definition) is 2. The summed E-state index contributed by atoms with van der Waals surface area (Å²) in [6, 6.07) is 1.02. The summed E-state index contributed by atoms with van der Waals surface area (Å²) in [5.74, 6) is -3.17. The second kappa shape index (κ2) is 4.56. The minimum absolute atomic E-state index is 0.417. The van der Waals surface area contributed by atoms with E-state index in [0.29, 0.717) is 12.1 Å². The van der Waals surface area contributed by atoms with Gasteiger partial charge in [0.05, 0.1) is 0 Å². The first-order valence-electron chi connectivity index (χ1n) is 3.62. The minimum Gasteiger partial charge on any atom is -0.373 e. The first-order chi connectivity index (χ1) is 6.50. The highest BCUT2D eigenvalue weighted by atomic mass is 28.2. The van der Waals surface area contributed by atoms with Gasteiger partial charge in [0, 0.05) is 17.3 Å². The van der Waals surface area contributed by atoms with Crippen LogP contribution in [0.3, 0.4) is 0 Å². The lowest BCUT2D eigenvalue weighted by atomic mass is 10.3. The van der Waals surface area contributed by atoms with Gasteiger partial charge in [-0.25, -0.2) is 13.2 Å². The lowest BCUT2D eigenvalue weighted by Gasteiger charge is -2.07. The van der Waals surface area contributed by atoms with E-state index in [1.807, 2.05) is 0 Å². The maximum Gasteiger partial charge on any atom is 0.256 e. The van der Waals surface area contributed by atoms with Gasteiger partial charge in [0.2, 0.25) is 9.76 Å². The number of benzene rings is 1. The SMILES string of the molecule is OC(O)O[SiH2]c1c(F)cc(F)cc1F. The molecular formula is C7H7F3O3Si. The van der Waals surface area contributed by atoms with Gasteiger partial charge in [0.15, 0.2) is 0 Å². The maximum atomic E-state index is 12.9. The lowest BCUT2D eigenvalue weighted by molar-refractivity contribution is -0.179. The van der Waals surface area contributed by atoms with Crippen molar-refractivity contribution in [2.45, 2.75) is 6.48 Å². The van der Waals surface area contributed by atoms with E-state index in [4.69, 9.17) is 10.2 Å². The number of halogens is 3. The molecule has 0 saturated heterocycles. The van der Waals surface area contributed by atoms with E-state index in [-0.39, 0.29) is 0 Å². The first-order valence-corrected chi connectivity index (χ1v) is 4.90. The van der Waals surface area contributed by atoms with Crippen LogP contribution >= 0.6 is 0 Å². The van der Waals surface area contributed by atoms with E-state index < -0.39 is 38.9 Å². The van der Waals surface area contributed by atoms with Crippen molar-refractivity contribution < 1.29 is 27.8 Å². The van der Waals surface area contributed by atoms with E-state index in [1.54, 1.807) is 0 Å². The van der Waals surface area contributed by atoms with E-state index in [0.717, 1.165) is 0 Å². The Morgan fingerprint density at radius 1 is 1.14 bits per heavy atom. The summed E-state index contributed by atoms with van der Waals surface area (Å²) >= 11 is 0. The summed E-state index contributed by atoms with van der Waals surface area (Å²) in [7, 11) is -1.95. The van der Waals surface area contributed by atoms with Gasteiger partial charge in [-0.1, -0.05) is 0 Å². The molecule has 0 aromatic heterocycles. The normalized spacial score (nSPS) is 11.9. The fourth-order valence-electron chi connectivity index (χ4n) is 0.868. The molecule has 1 aromatic rings. The van der Waals surface area contributed by atoms with Crippen LogP contribution in [0, 0.1) is 17.5 Å². The standard InChI is InChI=1S/C7H7F3O3Si/c8-3-1-4(9)6(5(10)2-3)14-13-7(11)12/h1-2,7,11-12H,14H2. The average Bonchev–Trinajstić information content (AvgIpc) is 2.01. The molecule has 7 heteroatoms. The van der Waals surface area contributed by atoms with Crippen LogP contribution in [0.5, 0.6) is 0 Å². The molecule has 0 aliphatic carbocycles. The Balaban J connectivity index is 2.86. The van der Waals surface area contributed by atoms with Crippen molar-refractivity contribution in [2.24, 2.45) is 0 Å². The summed E-state index contributed by atoms with van der Waals surface area (Å²) in [4.78, 5) is 0. The van der Waals surface area contributed by atoms with Gasteiger partial charge in [-0.3, -0.25) is 0 Å². The zero-order chi connectivity index (χ0) is 10.7. The Kier molecular flexibility index (Phi) is 3.64. The molecule has 0 aliphatic rings. The largest absolute Gasteiger partial charge is 0.373 e. The van der Waals surface area contributed by atoms with Crippen LogP contribution in [-0.4, -0.2) is 26.5 Å². The Morgan fingerprint density at radius 3 is 2.07 bits per heavy atom. The Bertz CT molecular complexity index is 309. The van der Waals surface area contributed by atoms with E-state index in [2.05, 4.69) is 4.43 Å². The maximum absolute atomic E-state index is 12.9. The smallest absolute Gasteiger partial charge is 0.256 e. The van der Waals surface area contributed by atoms with Crippen LogP contribution < -0.4 is 5.19 Å². The van der Waals surface area contributed by atoms with Crippen molar-refractivity contribution in [3.63, 3.8) is 0 Å². The van der Waals surface area contributed by atoms with Gasteiger partial charge in [0.1, 0.15) is 17.5 Å². The molecule has 0 atom stereocenters. The third-order valence-corrected chi connectivity index (χ3v) is 2.91. The summed E-state index contributed by atoms with van der Waals surface area (Å²) in [6.45, 7) is -2.06. The van der Waals surface area contributed by atoms with E-state index in [9.17, 15) is 13.2 Å². The number of rotatable bonds is 3. The van der Waals surface area contributed by atoms with Crippen molar-refractivity contribution in [1.82, 2.24) is 0 Å². The minimum atomic E-state index is -2.06. The molecular weight excluding hydrogens is 217 g/mol. The molecule has 0 amide bonds. The number of aliphatic hydroxyl groups excluding tert-OH is 1. The molecule has 0 radical (unpaired) electrons. The van der Waals surface area contributed by atoms with Crippen LogP contribution in [-0.2, 0) is 4.43 Å². The molecule has 3 nitrogen and oxygen atoms in total. The van der Waals surface area contributed by atoms with Crippen molar-refractivity contribution in [1.29, 1.82) is 0 Å².